The Morgan fingerprint density at radius 3 is 2.55 bits per heavy atom. The molecule has 9 nitrogen and oxygen atoms in total. The van der Waals surface area contributed by atoms with Crippen LogP contribution in [-0.2, 0) is 14.8 Å². The van der Waals surface area contributed by atoms with Gasteiger partial charge < -0.3 is 19.7 Å². The lowest BCUT2D eigenvalue weighted by Crippen LogP contribution is -2.40. The number of aromatic nitrogens is 3. The fourth-order valence-electron chi connectivity index (χ4n) is 5.55. The average Bonchev–Trinajstić information content (AvgIpc) is 3.68. The largest absolute Gasteiger partial charge is 0.393 e. The molecule has 3 aliphatic rings. The molecule has 38 heavy (non-hydrogen) atoms. The first-order valence-corrected chi connectivity index (χ1v) is 15.0. The van der Waals surface area contributed by atoms with Crippen molar-refractivity contribution in [2.24, 2.45) is 5.92 Å². The van der Waals surface area contributed by atoms with E-state index in [0.717, 1.165) is 43.4 Å². The zero-order chi connectivity index (χ0) is 26.3. The van der Waals surface area contributed by atoms with Crippen LogP contribution in [0.2, 0.25) is 0 Å². The SMILES string of the molecule is O=S(=O)(c1ccc(-c2cn([C@H]3CC[C@H](O)CC3)c3nc(NCCC4CC4)ncc23)c(F)c1)N1CCOCC1. The number of morpholine rings is 1. The summed E-state index contributed by atoms with van der Waals surface area (Å²) in [4.78, 5) is 9.27. The summed E-state index contributed by atoms with van der Waals surface area (Å²) < 4.78 is 50.4. The van der Waals surface area contributed by atoms with Crippen LogP contribution in [0.4, 0.5) is 10.3 Å². The molecular weight excluding hydrogens is 509 g/mol. The quantitative estimate of drug-likeness (QED) is 0.443. The second kappa shape index (κ2) is 10.5. The Morgan fingerprint density at radius 2 is 1.84 bits per heavy atom. The maximum atomic E-state index is 15.6. The molecule has 0 atom stereocenters. The Hall–Kier alpha value is -2.60. The van der Waals surface area contributed by atoms with Crippen molar-refractivity contribution in [3.8, 4) is 11.1 Å². The van der Waals surface area contributed by atoms with E-state index < -0.39 is 15.8 Å². The number of hydrogen-bond donors (Lipinski definition) is 2. The molecule has 2 N–H and O–H groups in total. The summed E-state index contributed by atoms with van der Waals surface area (Å²) in [5, 5.41) is 14.1. The van der Waals surface area contributed by atoms with Crippen molar-refractivity contribution < 1.29 is 22.7 Å². The van der Waals surface area contributed by atoms with Gasteiger partial charge in [-0.15, -0.1) is 0 Å². The van der Waals surface area contributed by atoms with E-state index in [4.69, 9.17) is 9.72 Å². The van der Waals surface area contributed by atoms with Crippen molar-refractivity contribution in [3.05, 3.63) is 36.4 Å². The van der Waals surface area contributed by atoms with E-state index in [9.17, 15) is 13.5 Å². The lowest BCUT2D eigenvalue weighted by Gasteiger charge is -2.27. The second-order valence-corrected chi connectivity index (χ2v) is 12.6. The second-order valence-electron chi connectivity index (χ2n) is 10.7. The molecule has 3 heterocycles. The molecule has 204 valence electrons. The van der Waals surface area contributed by atoms with E-state index in [1.807, 2.05) is 6.20 Å². The highest BCUT2D eigenvalue weighted by atomic mass is 32.2. The minimum atomic E-state index is -3.81. The number of hydrogen-bond acceptors (Lipinski definition) is 7. The molecule has 1 aliphatic heterocycles. The van der Waals surface area contributed by atoms with Gasteiger partial charge in [-0.2, -0.15) is 9.29 Å². The van der Waals surface area contributed by atoms with Crippen LogP contribution >= 0.6 is 0 Å². The monoisotopic (exact) mass is 543 g/mol. The van der Waals surface area contributed by atoms with Gasteiger partial charge in [0, 0.05) is 54.6 Å². The Balaban J connectivity index is 1.35. The normalized spacial score (nSPS) is 23.1. The van der Waals surface area contributed by atoms with Gasteiger partial charge in [0.05, 0.1) is 24.2 Å². The minimum absolute atomic E-state index is 0.0657. The van der Waals surface area contributed by atoms with E-state index in [-0.39, 0.29) is 30.1 Å². The summed E-state index contributed by atoms with van der Waals surface area (Å²) in [6.45, 7) is 1.98. The van der Waals surface area contributed by atoms with Gasteiger partial charge >= 0.3 is 0 Å². The molecule has 0 spiro atoms. The summed E-state index contributed by atoms with van der Waals surface area (Å²) in [6.07, 6.45) is 10.0. The van der Waals surface area contributed by atoms with Gasteiger partial charge in [0.25, 0.3) is 0 Å². The average molecular weight is 544 g/mol. The zero-order valence-corrected chi connectivity index (χ0v) is 22.2. The predicted molar refractivity (Wildman–Crippen MR) is 142 cm³/mol. The zero-order valence-electron chi connectivity index (χ0n) is 21.4. The van der Waals surface area contributed by atoms with Gasteiger partial charge in [-0.25, -0.2) is 17.8 Å². The number of anilines is 1. The van der Waals surface area contributed by atoms with Crippen molar-refractivity contribution in [2.45, 2.75) is 62.0 Å². The fourth-order valence-corrected chi connectivity index (χ4v) is 6.97. The van der Waals surface area contributed by atoms with Gasteiger partial charge in [0.15, 0.2) is 0 Å². The predicted octanol–water partition coefficient (Wildman–Crippen LogP) is 3.95. The molecule has 2 saturated carbocycles. The molecule has 0 unspecified atom stereocenters. The maximum absolute atomic E-state index is 15.6. The molecule has 2 aliphatic carbocycles. The van der Waals surface area contributed by atoms with Crippen LogP contribution in [0.25, 0.3) is 22.2 Å². The molecule has 2 aromatic heterocycles. The van der Waals surface area contributed by atoms with E-state index in [1.54, 1.807) is 6.20 Å². The van der Waals surface area contributed by atoms with Gasteiger partial charge in [0.2, 0.25) is 16.0 Å². The van der Waals surface area contributed by atoms with Gasteiger partial charge in [-0.3, -0.25) is 0 Å². The van der Waals surface area contributed by atoms with E-state index in [2.05, 4.69) is 14.9 Å². The third-order valence-electron chi connectivity index (χ3n) is 8.00. The summed E-state index contributed by atoms with van der Waals surface area (Å²) >= 11 is 0. The van der Waals surface area contributed by atoms with Gasteiger partial charge in [-0.05, 0) is 50.2 Å². The number of aliphatic hydroxyl groups excluding tert-OH is 1. The molecule has 11 heteroatoms. The van der Waals surface area contributed by atoms with Crippen molar-refractivity contribution >= 4 is 27.0 Å². The van der Waals surface area contributed by atoms with Crippen LogP contribution in [0, 0.1) is 11.7 Å². The molecule has 6 rings (SSSR count). The number of benzene rings is 1. The van der Waals surface area contributed by atoms with Crippen LogP contribution in [0.3, 0.4) is 0 Å². The van der Waals surface area contributed by atoms with Crippen LogP contribution in [0.15, 0.2) is 35.5 Å². The Bertz CT molecular complexity index is 1410. The summed E-state index contributed by atoms with van der Waals surface area (Å²) in [5.74, 6) is 0.741. The number of aliphatic hydroxyl groups is 1. The number of fused-ring (bicyclic) bond motifs is 1. The maximum Gasteiger partial charge on any atom is 0.243 e. The van der Waals surface area contributed by atoms with Crippen molar-refractivity contribution in [2.75, 3.05) is 38.2 Å². The lowest BCUT2D eigenvalue weighted by atomic mass is 9.93. The molecule has 0 bridgehead atoms. The van der Waals surface area contributed by atoms with Gasteiger partial charge in [-0.1, -0.05) is 18.9 Å². The number of ether oxygens (including phenoxy) is 1. The third kappa shape index (κ3) is 5.16. The molecule has 1 saturated heterocycles. The highest BCUT2D eigenvalue weighted by molar-refractivity contribution is 7.89. The molecule has 3 fully saturated rings. The van der Waals surface area contributed by atoms with Crippen LogP contribution in [0.5, 0.6) is 0 Å². The third-order valence-corrected chi connectivity index (χ3v) is 9.90. The highest BCUT2D eigenvalue weighted by Gasteiger charge is 2.29. The van der Waals surface area contributed by atoms with E-state index in [1.165, 1.54) is 29.3 Å². The topological polar surface area (TPSA) is 110 Å². The molecular formula is C27H34FN5O4S. The number of sulfonamides is 1. The first-order chi connectivity index (χ1) is 18.4. The Labute approximate surface area is 222 Å². The Morgan fingerprint density at radius 1 is 1.08 bits per heavy atom. The Kier molecular flexibility index (Phi) is 7.10. The van der Waals surface area contributed by atoms with Crippen molar-refractivity contribution in [3.63, 3.8) is 0 Å². The molecule has 3 aromatic rings. The van der Waals surface area contributed by atoms with Gasteiger partial charge in [0.1, 0.15) is 11.5 Å². The summed E-state index contributed by atoms with van der Waals surface area (Å²) in [7, 11) is -3.81. The number of nitrogens with one attached hydrogen (secondary N) is 1. The summed E-state index contributed by atoms with van der Waals surface area (Å²) in [6, 6.07) is 4.24. The number of halogens is 1. The van der Waals surface area contributed by atoms with Crippen LogP contribution in [-0.4, -0.2) is 71.3 Å². The first-order valence-electron chi connectivity index (χ1n) is 13.6. The standard InChI is InChI=1S/C27H34FN5O4S/c28-25-15-21(38(35,36)32-11-13-37-14-12-32)7-8-22(25)24-17-33(19-3-5-20(34)6-4-19)26-23(24)16-30-27(31-26)29-10-9-18-1-2-18/h7-8,15-20,34H,1-6,9-14H2,(H,29,30,31)/t19-,20-. The summed E-state index contributed by atoms with van der Waals surface area (Å²) in [5.41, 5.74) is 1.65. The van der Waals surface area contributed by atoms with E-state index in [0.29, 0.717) is 48.5 Å². The first kappa shape index (κ1) is 25.7. The lowest BCUT2D eigenvalue weighted by molar-refractivity contribution is 0.0730. The molecule has 1 aromatic carbocycles. The highest BCUT2D eigenvalue weighted by Crippen LogP contribution is 2.38. The van der Waals surface area contributed by atoms with Crippen molar-refractivity contribution in [1.82, 2.24) is 18.8 Å². The smallest absolute Gasteiger partial charge is 0.243 e. The molecule has 0 amide bonds. The number of nitrogens with zero attached hydrogens (tertiary/aromatic N) is 4. The van der Waals surface area contributed by atoms with Crippen molar-refractivity contribution in [1.29, 1.82) is 0 Å². The van der Waals surface area contributed by atoms with Crippen LogP contribution in [0.1, 0.15) is 51.0 Å². The minimum Gasteiger partial charge on any atom is -0.393 e. The molecule has 0 radical (unpaired) electrons. The van der Waals surface area contributed by atoms with Crippen LogP contribution < -0.4 is 5.32 Å². The fraction of sp³-hybridized carbons (Fsp3) is 0.556. The van der Waals surface area contributed by atoms with E-state index >= 15 is 4.39 Å². The number of rotatable bonds is 8.